The van der Waals surface area contributed by atoms with Crippen LogP contribution in [0.3, 0.4) is 0 Å². The van der Waals surface area contributed by atoms with Crippen molar-refractivity contribution in [2.45, 2.75) is 13.8 Å². The van der Waals surface area contributed by atoms with Crippen molar-refractivity contribution < 1.29 is 9.53 Å². The summed E-state index contributed by atoms with van der Waals surface area (Å²) in [4.78, 5) is 14.6. The van der Waals surface area contributed by atoms with Crippen molar-refractivity contribution in [2.75, 3.05) is 7.11 Å². The molecule has 3 nitrogen and oxygen atoms in total. The number of nitrogens with zero attached hydrogens (tertiary/aromatic N) is 1. The normalized spacial score (nSPS) is 32.3. The van der Waals surface area contributed by atoms with Gasteiger partial charge in [0.25, 0.3) is 5.91 Å². The molecule has 0 fully saturated rings. The van der Waals surface area contributed by atoms with E-state index in [1.807, 2.05) is 13.8 Å². The Balaban J connectivity index is 2.78. The van der Waals surface area contributed by atoms with Crippen LogP contribution in [-0.4, -0.2) is 18.9 Å². The summed E-state index contributed by atoms with van der Waals surface area (Å²) in [5.41, 5.74) is 0. The van der Waals surface area contributed by atoms with Crippen molar-refractivity contribution in [3.8, 4) is 0 Å². The number of aliphatic imine (C=N–C) groups is 1. The third-order valence-corrected chi connectivity index (χ3v) is 1.96. The van der Waals surface area contributed by atoms with Crippen molar-refractivity contribution in [1.82, 2.24) is 0 Å². The van der Waals surface area contributed by atoms with Crippen LogP contribution < -0.4 is 0 Å². The maximum Gasteiger partial charge on any atom is 0.252 e. The van der Waals surface area contributed by atoms with Gasteiger partial charge in [0.15, 0.2) is 5.90 Å². The van der Waals surface area contributed by atoms with Gasteiger partial charge < -0.3 is 4.74 Å². The van der Waals surface area contributed by atoms with Crippen molar-refractivity contribution in [2.24, 2.45) is 16.8 Å². The zero-order chi connectivity index (χ0) is 7.72. The van der Waals surface area contributed by atoms with Crippen LogP contribution >= 0.6 is 0 Å². The van der Waals surface area contributed by atoms with Crippen LogP contribution in [0.5, 0.6) is 0 Å². The van der Waals surface area contributed by atoms with E-state index in [-0.39, 0.29) is 17.7 Å². The van der Waals surface area contributed by atoms with E-state index in [1.165, 1.54) is 0 Å². The van der Waals surface area contributed by atoms with Crippen LogP contribution in [0.15, 0.2) is 4.99 Å². The van der Waals surface area contributed by atoms with Crippen LogP contribution in [-0.2, 0) is 9.53 Å². The van der Waals surface area contributed by atoms with Gasteiger partial charge in [0, 0.05) is 11.8 Å². The number of hydrogen-bond acceptors (Lipinski definition) is 2. The molecule has 1 heterocycles. The molecule has 0 radical (unpaired) electrons. The fourth-order valence-electron chi connectivity index (χ4n) is 0.972. The fourth-order valence-corrected chi connectivity index (χ4v) is 0.972. The van der Waals surface area contributed by atoms with E-state index in [4.69, 9.17) is 4.74 Å². The lowest BCUT2D eigenvalue weighted by Crippen LogP contribution is -2.15. The minimum atomic E-state index is -0.0654. The zero-order valence-electron chi connectivity index (χ0n) is 6.42. The highest BCUT2D eigenvalue weighted by Gasteiger charge is 2.31. The molecule has 1 amide bonds. The molecule has 2 atom stereocenters. The summed E-state index contributed by atoms with van der Waals surface area (Å²) in [7, 11) is 1.54. The van der Waals surface area contributed by atoms with Gasteiger partial charge in [-0.2, -0.15) is 4.99 Å². The first-order valence-electron chi connectivity index (χ1n) is 3.33. The second kappa shape index (κ2) is 2.40. The maximum atomic E-state index is 10.9. The molecule has 0 bridgehead atoms. The molecule has 0 spiro atoms. The van der Waals surface area contributed by atoms with Crippen molar-refractivity contribution in [3.63, 3.8) is 0 Å². The molecule has 10 heavy (non-hydrogen) atoms. The van der Waals surface area contributed by atoms with Crippen LogP contribution in [0.4, 0.5) is 0 Å². The topological polar surface area (TPSA) is 38.7 Å². The number of methoxy groups -OCH3 is 1. The van der Waals surface area contributed by atoms with Gasteiger partial charge in [-0.1, -0.05) is 13.8 Å². The molecule has 3 heteroatoms. The van der Waals surface area contributed by atoms with Gasteiger partial charge in [-0.15, -0.1) is 0 Å². The van der Waals surface area contributed by atoms with E-state index in [2.05, 4.69) is 4.99 Å². The number of carbonyl (C=O) groups excluding carboxylic acids is 1. The predicted octanol–water partition coefficient (Wildman–Crippen LogP) is 0.844. The second-order valence-electron chi connectivity index (χ2n) is 2.57. The molecule has 0 aromatic rings. The first-order chi connectivity index (χ1) is 4.66. The molecule has 2 unspecified atom stereocenters. The highest BCUT2D eigenvalue weighted by molar-refractivity contribution is 6.01. The van der Waals surface area contributed by atoms with Crippen molar-refractivity contribution >= 4 is 11.8 Å². The summed E-state index contributed by atoms with van der Waals surface area (Å²) in [5, 5.41) is 0. The van der Waals surface area contributed by atoms with Crippen LogP contribution in [0.2, 0.25) is 0 Å². The number of hydrogen-bond donors (Lipinski definition) is 0. The van der Waals surface area contributed by atoms with Crippen LogP contribution in [0.25, 0.3) is 0 Å². The molecular weight excluding hydrogens is 130 g/mol. The Morgan fingerprint density at radius 1 is 1.40 bits per heavy atom. The van der Waals surface area contributed by atoms with E-state index in [0.29, 0.717) is 5.90 Å². The molecule has 0 aromatic carbocycles. The molecule has 0 aliphatic carbocycles. The van der Waals surface area contributed by atoms with Gasteiger partial charge in [-0.05, 0) is 0 Å². The lowest BCUT2D eigenvalue weighted by Gasteiger charge is -2.07. The summed E-state index contributed by atoms with van der Waals surface area (Å²) < 4.78 is 4.89. The SMILES string of the molecule is COC1=NC(=O)C(C)C1C. The molecular formula is C7H11NO2. The Hall–Kier alpha value is -0.860. The van der Waals surface area contributed by atoms with Gasteiger partial charge in [-0.3, -0.25) is 4.79 Å². The number of ether oxygens (including phenoxy) is 1. The molecule has 56 valence electrons. The van der Waals surface area contributed by atoms with E-state index in [0.717, 1.165) is 0 Å². The van der Waals surface area contributed by atoms with Gasteiger partial charge >= 0.3 is 0 Å². The van der Waals surface area contributed by atoms with Crippen molar-refractivity contribution in [1.29, 1.82) is 0 Å². The fraction of sp³-hybridized carbons (Fsp3) is 0.714. The van der Waals surface area contributed by atoms with E-state index in [9.17, 15) is 4.79 Å². The van der Waals surface area contributed by atoms with Crippen LogP contribution in [0, 0.1) is 11.8 Å². The lowest BCUT2D eigenvalue weighted by molar-refractivity contribution is -0.120. The van der Waals surface area contributed by atoms with Crippen molar-refractivity contribution in [3.05, 3.63) is 0 Å². The summed E-state index contributed by atoms with van der Waals surface area (Å²) in [6.07, 6.45) is 0. The summed E-state index contributed by atoms with van der Waals surface area (Å²) >= 11 is 0. The molecule has 1 aliphatic heterocycles. The third kappa shape index (κ3) is 0.916. The third-order valence-electron chi connectivity index (χ3n) is 1.96. The van der Waals surface area contributed by atoms with E-state index in [1.54, 1.807) is 7.11 Å². The standard InChI is InChI=1S/C7H11NO2/c1-4-5(2)7(10-3)8-6(4)9/h4-5H,1-3H3. The summed E-state index contributed by atoms with van der Waals surface area (Å²) in [5.74, 6) is 0.647. The molecule has 0 saturated carbocycles. The Morgan fingerprint density at radius 3 is 2.20 bits per heavy atom. The van der Waals surface area contributed by atoms with E-state index >= 15 is 0 Å². The lowest BCUT2D eigenvalue weighted by atomic mass is 9.99. The Kier molecular flexibility index (Phi) is 1.74. The largest absolute Gasteiger partial charge is 0.484 e. The Morgan fingerprint density at radius 2 is 2.00 bits per heavy atom. The Bertz CT molecular complexity index is 186. The number of carbonyl (C=O) groups is 1. The highest BCUT2D eigenvalue weighted by Crippen LogP contribution is 2.21. The van der Waals surface area contributed by atoms with Crippen LogP contribution in [0.1, 0.15) is 13.8 Å². The number of rotatable bonds is 0. The average Bonchev–Trinajstić information content (AvgIpc) is 2.17. The monoisotopic (exact) mass is 141 g/mol. The second-order valence-corrected chi connectivity index (χ2v) is 2.57. The first kappa shape index (κ1) is 7.25. The molecule has 0 saturated heterocycles. The quantitative estimate of drug-likeness (QED) is 0.501. The maximum absolute atomic E-state index is 10.9. The molecule has 0 N–H and O–H groups in total. The van der Waals surface area contributed by atoms with Gasteiger partial charge in [0.05, 0.1) is 7.11 Å². The Labute approximate surface area is 60.1 Å². The van der Waals surface area contributed by atoms with Gasteiger partial charge in [-0.25, -0.2) is 0 Å². The van der Waals surface area contributed by atoms with Gasteiger partial charge in [0.2, 0.25) is 0 Å². The molecule has 0 aromatic heterocycles. The average molecular weight is 141 g/mol. The first-order valence-corrected chi connectivity index (χ1v) is 3.33. The summed E-state index contributed by atoms with van der Waals surface area (Å²) in [6, 6.07) is 0. The number of amides is 1. The smallest absolute Gasteiger partial charge is 0.252 e. The zero-order valence-corrected chi connectivity index (χ0v) is 6.42. The van der Waals surface area contributed by atoms with E-state index < -0.39 is 0 Å². The minimum absolute atomic E-state index is 0.00468. The molecule has 1 aliphatic rings. The molecule has 1 rings (SSSR count). The predicted molar refractivity (Wildman–Crippen MR) is 37.8 cm³/mol. The highest BCUT2D eigenvalue weighted by atomic mass is 16.5. The van der Waals surface area contributed by atoms with Gasteiger partial charge in [0.1, 0.15) is 0 Å². The minimum Gasteiger partial charge on any atom is -0.484 e. The summed E-state index contributed by atoms with van der Waals surface area (Å²) in [6.45, 7) is 3.81.